The standard InChI is InChI=1S/C18H25NO4S/c1-13(18(22)19-12-14-6-3-2-4-7-14)23-17(21)10-9-15(20)16-8-5-11-24-16/h5,8,11,13-14H,2-4,6-7,9-10,12H2,1H3,(H,19,22)/t13-/m0/s1. The van der Waals surface area contributed by atoms with E-state index in [1.165, 1.54) is 30.6 Å². The first-order valence-corrected chi connectivity index (χ1v) is 9.48. The third kappa shape index (κ3) is 6.07. The topological polar surface area (TPSA) is 72.5 Å². The number of carbonyl (C=O) groups is 3. The van der Waals surface area contributed by atoms with E-state index in [4.69, 9.17) is 4.74 Å². The quantitative estimate of drug-likeness (QED) is 0.576. The molecule has 0 spiro atoms. The van der Waals surface area contributed by atoms with Gasteiger partial charge in [-0.3, -0.25) is 14.4 Å². The van der Waals surface area contributed by atoms with Crippen LogP contribution in [0.2, 0.25) is 0 Å². The van der Waals surface area contributed by atoms with E-state index >= 15 is 0 Å². The molecule has 0 saturated heterocycles. The summed E-state index contributed by atoms with van der Waals surface area (Å²) in [6.45, 7) is 2.22. The summed E-state index contributed by atoms with van der Waals surface area (Å²) in [6.07, 6.45) is 5.32. The van der Waals surface area contributed by atoms with Gasteiger partial charge < -0.3 is 10.1 Å². The van der Waals surface area contributed by atoms with Crippen LogP contribution in [0.1, 0.15) is 61.5 Å². The average molecular weight is 351 g/mol. The van der Waals surface area contributed by atoms with Gasteiger partial charge in [0.1, 0.15) is 0 Å². The van der Waals surface area contributed by atoms with Crippen LogP contribution in [-0.2, 0) is 14.3 Å². The minimum atomic E-state index is -0.821. The molecule has 24 heavy (non-hydrogen) atoms. The SMILES string of the molecule is C[C@H](OC(=O)CCC(=O)c1cccs1)C(=O)NCC1CCCCC1. The van der Waals surface area contributed by atoms with Crippen LogP contribution >= 0.6 is 11.3 Å². The van der Waals surface area contributed by atoms with Gasteiger partial charge in [0.15, 0.2) is 11.9 Å². The summed E-state index contributed by atoms with van der Waals surface area (Å²) in [7, 11) is 0. The number of amides is 1. The Labute approximate surface area is 146 Å². The van der Waals surface area contributed by atoms with E-state index in [-0.39, 0.29) is 24.5 Å². The minimum Gasteiger partial charge on any atom is -0.453 e. The highest BCUT2D eigenvalue weighted by atomic mass is 32.1. The second-order valence-corrected chi connectivity index (χ2v) is 7.23. The van der Waals surface area contributed by atoms with Crippen molar-refractivity contribution in [2.24, 2.45) is 5.92 Å². The maximum Gasteiger partial charge on any atom is 0.307 e. The fourth-order valence-electron chi connectivity index (χ4n) is 2.87. The maximum absolute atomic E-state index is 12.0. The zero-order valence-corrected chi connectivity index (χ0v) is 14.9. The Bertz CT molecular complexity index is 549. The largest absolute Gasteiger partial charge is 0.453 e. The lowest BCUT2D eigenvalue weighted by atomic mass is 9.89. The summed E-state index contributed by atoms with van der Waals surface area (Å²) in [5.41, 5.74) is 0. The van der Waals surface area contributed by atoms with Gasteiger partial charge in [0.25, 0.3) is 5.91 Å². The Hall–Kier alpha value is -1.69. The molecule has 1 fully saturated rings. The summed E-state index contributed by atoms with van der Waals surface area (Å²) in [5, 5.41) is 4.69. The molecule has 0 unspecified atom stereocenters. The summed E-state index contributed by atoms with van der Waals surface area (Å²) < 4.78 is 5.12. The Morgan fingerprint density at radius 2 is 2.00 bits per heavy atom. The highest BCUT2D eigenvalue weighted by molar-refractivity contribution is 7.12. The van der Waals surface area contributed by atoms with Crippen LogP contribution in [0.15, 0.2) is 17.5 Å². The first kappa shape index (κ1) is 18.6. The van der Waals surface area contributed by atoms with Crippen molar-refractivity contribution in [3.8, 4) is 0 Å². The maximum atomic E-state index is 12.0. The van der Waals surface area contributed by atoms with Crippen molar-refractivity contribution in [3.05, 3.63) is 22.4 Å². The van der Waals surface area contributed by atoms with Gasteiger partial charge in [-0.25, -0.2) is 0 Å². The molecule has 5 nitrogen and oxygen atoms in total. The lowest BCUT2D eigenvalue weighted by molar-refractivity contribution is -0.154. The number of ether oxygens (including phenoxy) is 1. The molecule has 0 radical (unpaired) electrons. The molecule has 1 aromatic rings. The van der Waals surface area contributed by atoms with Crippen LogP contribution in [0.3, 0.4) is 0 Å². The van der Waals surface area contributed by atoms with E-state index in [2.05, 4.69) is 5.32 Å². The molecule has 0 aromatic carbocycles. The van der Waals surface area contributed by atoms with Crippen molar-refractivity contribution < 1.29 is 19.1 Å². The minimum absolute atomic E-state index is 0.00300. The number of Topliss-reactive ketones (excluding diaryl/α,β-unsaturated/α-hetero) is 1. The van der Waals surface area contributed by atoms with Gasteiger partial charge in [-0.1, -0.05) is 25.3 Å². The van der Waals surface area contributed by atoms with E-state index in [1.807, 2.05) is 5.38 Å². The van der Waals surface area contributed by atoms with Gasteiger partial charge in [0.05, 0.1) is 11.3 Å². The number of carbonyl (C=O) groups excluding carboxylic acids is 3. The van der Waals surface area contributed by atoms with E-state index in [0.717, 1.165) is 12.8 Å². The zero-order chi connectivity index (χ0) is 17.4. The van der Waals surface area contributed by atoms with Crippen LogP contribution in [0.25, 0.3) is 0 Å². The molecule has 0 bridgehead atoms. The zero-order valence-electron chi connectivity index (χ0n) is 14.1. The predicted molar refractivity (Wildman–Crippen MR) is 93.0 cm³/mol. The lowest BCUT2D eigenvalue weighted by Crippen LogP contribution is -2.38. The smallest absolute Gasteiger partial charge is 0.307 e. The van der Waals surface area contributed by atoms with Crippen LogP contribution in [-0.4, -0.2) is 30.3 Å². The Balaban J connectivity index is 1.64. The molecule has 6 heteroatoms. The Kier molecular flexibility index (Phi) is 7.43. The lowest BCUT2D eigenvalue weighted by Gasteiger charge is -2.22. The molecular weight excluding hydrogens is 326 g/mol. The number of hydrogen-bond donors (Lipinski definition) is 1. The van der Waals surface area contributed by atoms with Gasteiger partial charge in [0.2, 0.25) is 0 Å². The number of rotatable bonds is 8. The summed E-state index contributed by atoms with van der Waals surface area (Å²) in [5.74, 6) is -0.316. The number of nitrogens with one attached hydrogen (secondary N) is 1. The number of esters is 1. The fourth-order valence-corrected chi connectivity index (χ4v) is 3.56. The molecule has 1 aromatic heterocycles. The number of hydrogen-bond acceptors (Lipinski definition) is 5. The van der Waals surface area contributed by atoms with Gasteiger partial charge in [-0.15, -0.1) is 11.3 Å². The third-order valence-electron chi connectivity index (χ3n) is 4.32. The molecule has 1 atom stereocenters. The predicted octanol–water partition coefficient (Wildman–Crippen LogP) is 3.34. The van der Waals surface area contributed by atoms with E-state index in [0.29, 0.717) is 17.3 Å². The van der Waals surface area contributed by atoms with Gasteiger partial charge >= 0.3 is 5.97 Å². The molecule has 1 aliphatic carbocycles. The van der Waals surface area contributed by atoms with E-state index in [9.17, 15) is 14.4 Å². The Morgan fingerprint density at radius 1 is 1.25 bits per heavy atom. The monoisotopic (exact) mass is 351 g/mol. The van der Waals surface area contributed by atoms with Crippen LogP contribution < -0.4 is 5.32 Å². The van der Waals surface area contributed by atoms with Crippen molar-refractivity contribution in [2.75, 3.05) is 6.54 Å². The molecule has 0 aliphatic heterocycles. The van der Waals surface area contributed by atoms with Crippen molar-refractivity contribution in [1.82, 2.24) is 5.32 Å². The van der Waals surface area contributed by atoms with Crippen LogP contribution in [0.4, 0.5) is 0 Å². The van der Waals surface area contributed by atoms with E-state index < -0.39 is 12.1 Å². The summed E-state index contributed by atoms with van der Waals surface area (Å²) >= 11 is 1.36. The number of ketones is 1. The highest BCUT2D eigenvalue weighted by Gasteiger charge is 2.20. The van der Waals surface area contributed by atoms with Gasteiger partial charge in [-0.05, 0) is 37.1 Å². The molecule has 1 saturated carbocycles. The summed E-state index contributed by atoms with van der Waals surface area (Å²) in [6, 6.07) is 3.54. The van der Waals surface area contributed by atoms with Gasteiger partial charge in [-0.2, -0.15) is 0 Å². The number of thiophene rings is 1. The third-order valence-corrected chi connectivity index (χ3v) is 5.23. The summed E-state index contributed by atoms with van der Waals surface area (Å²) in [4.78, 5) is 36.2. The second-order valence-electron chi connectivity index (χ2n) is 6.28. The van der Waals surface area contributed by atoms with Gasteiger partial charge in [0, 0.05) is 13.0 Å². The Morgan fingerprint density at radius 3 is 2.67 bits per heavy atom. The van der Waals surface area contributed by atoms with Crippen molar-refractivity contribution in [1.29, 1.82) is 0 Å². The average Bonchev–Trinajstić information content (AvgIpc) is 3.13. The molecule has 1 heterocycles. The van der Waals surface area contributed by atoms with Crippen molar-refractivity contribution in [3.63, 3.8) is 0 Å². The van der Waals surface area contributed by atoms with Crippen molar-refractivity contribution >= 4 is 29.0 Å². The first-order valence-electron chi connectivity index (χ1n) is 8.60. The normalized spacial score (nSPS) is 16.4. The fraction of sp³-hybridized carbons (Fsp3) is 0.611. The molecular formula is C18H25NO4S. The highest BCUT2D eigenvalue weighted by Crippen LogP contribution is 2.22. The van der Waals surface area contributed by atoms with Crippen LogP contribution in [0, 0.1) is 5.92 Å². The molecule has 1 amide bonds. The molecule has 132 valence electrons. The van der Waals surface area contributed by atoms with Crippen molar-refractivity contribution in [2.45, 2.75) is 58.0 Å². The van der Waals surface area contributed by atoms with E-state index in [1.54, 1.807) is 19.1 Å². The van der Waals surface area contributed by atoms with Crippen LogP contribution in [0.5, 0.6) is 0 Å². The first-order chi connectivity index (χ1) is 11.6. The molecule has 2 rings (SSSR count). The molecule has 1 N–H and O–H groups in total. The second kappa shape index (κ2) is 9.57. The molecule has 1 aliphatic rings.